The molecule has 1 aromatic carbocycles. The molecular formula is C13H14IN3O. The van der Waals surface area contributed by atoms with Gasteiger partial charge in [-0.25, -0.2) is 4.98 Å². The molecule has 1 heterocycles. The molecule has 4 nitrogen and oxygen atoms in total. The van der Waals surface area contributed by atoms with Crippen molar-refractivity contribution < 1.29 is 0 Å². The third-order valence-corrected chi connectivity index (χ3v) is 3.76. The molecule has 5 heteroatoms. The van der Waals surface area contributed by atoms with E-state index in [1.807, 2.05) is 54.6 Å². The minimum atomic E-state index is -0.00933. The number of hydrogen-bond donors (Lipinski definition) is 1. The largest absolute Gasteiger partial charge is 0.399 e. The van der Waals surface area contributed by atoms with Crippen LogP contribution >= 0.6 is 22.6 Å². The van der Waals surface area contributed by atoms with E-state index in [-0.39, 0.29) is 5.56 Å². The minimum Gasteiger partial charge on any atom is -0.399 e. The Bertz CT molecular complexity index is 649. The van der Waals surface area contributed by atoms with Crippen molar-refractivity contribution in [2.45, 2.75) is 20.4 Å². The first-order valence-electron chi connectivity index (χ1n) is 5.56. The van der Waals surface area contributed by atoms with E-state index >= 15 is 0 Å². The Morgan fingerprint density at radius 3 is 2.83 bits per heavy atom. The summed E-state index contributed by atoms with van der Waals surface area (Å²) in [6.07, 6.45) is 1.60. The van der Waals surface area contributed by atoms with E-state index in [9.17, 15) is 4.79 Å². The van der Waals surface area contributed by atoms with Crippen LogP contribution in [0, 0.1) is 17.4 Å². The molecule has 1 aromatic heterocycles. The molecule has 0 unspecified atom stereocenters. The third kappa shape index (κ3) is 2.40. The van der Waals surface area contributed by atoms with Gasteiger partial charge in [0.15, 0.2) is 0 Å². The van der Waals surface area contributed by atoms with Crippen molar-refractivity contribution in [1.29, 1.82) is 0 Å². The Hall–Kier alpha value is -1.37. The van der Waals surface area contributed by atoms with E-state index in [0.717, 1.165) is 16.8 Å². The van der Waals surface area contributed by atoms with Crippen LogP contribution in [0.3, 0.4) is 0 Å². The number of anilines is 1. The van der Waals surface area contributed by atoms with Crippen LogP contribution in [0.15, 0.2) is 29.2 Å². The van der Waals surface area contributed by atoms with Gasteiger partial charge in [0.05, 0.1) is 10.1 Å². The number of nitrogens with two attached hydrogens (primary N) is 1. The van der Waals surface area contributed by atoms with Crippen LogP contribution in [0.5, 0.6) is 0 Å². The summed E-state index contributed by atoms with van der Waals surface area (Å²) in [6, 6.07) is 5.75. The Morgan fingerprint density at radius 2 is 2.11 bits per heavy atom. The molecule has 0 saturated heterocycles. The summed E-state index contributed by atoms with van der Waals surface area (Å²) >= 11 is 2.00. The zero-order valence-corrected chi connectivity index (χ0v) is 12.4. The molecule has 0 saturated carbocycles. The highest BCUT2D eigenvalue weighted by Gasteiger charge is 2.08. The molecule has 0 aliphatic rings. The maximum Gasteiger partial charge on any atom is 0.267 e. The van der Waals surface area contributed by atoms with Crippen molar-refractivity contribution in [3.05, 3.63) is 55.3 Å². The monoisotopic (exact) mass is 355 g/mol. The van der Waals surface area contributed by atoms with E-state index in [0.29, 0.717) is 15.9 Å². The lowest BCUT2D eigenvalue weighted by Gasteiger charge is -2.12. The topological polar surface area (TPSA) is 60.9 Å². The summed E-state index contributed by atoms with van der Waals surface area (Å²) in [4.78, 5) is 16.3. The summed E-state index contributed by atoms with van der Waals surface area (Å²) in [5, 5.41) is 0. The van der Waals surface area contributed by atoms with Crippen LogP contribution < -0.4 is 11.3 Å². The summed E-state index contributed by atoms with van der Waals surface area (Å²) in [7, 11) is 0. The summed E-state index contributed by atoms with van der Waals surface area (Å²) in [5.74, 6) is 0.710. The zero-order valence-electron chi connectivity index (χ0n) is 10.3. The van der Waals surface area contributed by atoms with Crippen molar-refractivity contribution in [3.63, 3.8) is 0 Å². The molecule has 2 rings (SSSR count). The number of aryl methyl sites for hydroxylation is 1. The second-order valence-electron chi connectivity index (χ2n) is 4.18. The number of halogens is 1. The molecule has 2 N–H and O–H groups in total. The number of rotatable bonds is 2. The number of aromatic nitrogens is 2. The molecule has 0 amide bonds. The van der Waals surface area contributed by atoms with Crippen LogP contribution in [0.2, 0.25) is 0 Å². The van der Waals surface area contributed by atoms with Crippen molar-refractivity contribution in [2.75, 3.05) is 5.73 Å². The van der Waals surface area contributed by atoms with Gasteiger partial charge < -0.3 is 5.73 Å². The van der Waals surface area contributed by atoms with Gasteiger partial charge in [-0.1, -0.05) is 12.1 Å². The average molecular weight is 355 g/mol. The van der Waals surface area contributed by atoms with Crippen LogP contribution in [-0.2, 0) is 6.54 Å². The smallest absolute Gasteiger partial charge is 0.267 e. The lowest BCUT2D eigenvalue weighted by molar-refractivity contribution is 0.692. The van der Waals surface area contributed by atoms with Crippen LogP contribution in [0.25, 0.3) is 0 Å². The van der Waals surface area contributed by atoms with Crippen molar-refractivity contribution in [2.24, 2.45) is 0 Å². The molecule has 0 radical (unpaired) electrons. The average Bonchev–Trinajstić information content (AvgIpc) is 2.35. The lowest BCUT2D eigenvalue weighted by Crippen LogP contribution is -2.26. The summed E-state index contributed by atoms with van der Waals surface area (Å²) in [6.45, 7) is 4.30. The lowest BCUT2D eigenvalue weighted by atomic mass is 10.1. The Morgan fingerprint density at radius 1 is 1.39 bits per heavy atom. The molecular weight excluding hydrogens is 341 g/mol. The molecule has 0 spiro atoms. The molecule has 0 aliphatic heterocycles. The summed E-state index contributed by atoms with van der Waals surface area (Å²) < 4.78 is 2.29. The first kappa shape index (κ1) is 13.1. The second kappa shape index (κ2) is 5.09. The zero-order chi connectivity index (χ0) is 13.3. The van der Waals surface area contributed by atoms with Crippen LogP contribution in [-0.4, -0.2) is 9.55 Å². The highest BCUT2D eigenvalue weighted by Crippen LogP contribution is 2.16. The second-order valence-corrected chi connectivity index (χ2v) is 5.34. The van der Waals surface area contributed by atoms with Gasteiger partial charge in [0, 0.05) is 11.9 Å². The Balaban J connectivity index is 2.50. The number of hydrogen-bond acceptors (Lipinski definition) is 3. The SMILES string of the molecule is Cc1c(N)cccc1Cn1c(C)ncc(I)c1=O. The predicted octanol–water partition coefficient (Wildman–Crippen LogP) is 2.10. The Labute approximate surface area is 119 Å². The third-order valence-electron chi connectivity index (χ3n) is 3.02. The minimum absolute atomic E-state index is 0.00933. The van der Waals surface area contributed by atoms with Gasteiger partial charge in [-0.15, -0.1) is 0 Å². The quantitative estimate of drug-likeness (QED) is 0.663. The highest BCUT2D eigenvalue weighted by molar-refractivity contribution is 14.1. The van der Waals surface area contributed by atoms with Crippen molar-refractivity contribution in [1.82, 2.24) is 9.55 Å². The van der Waals surface area contributed by atoms with Crippen molar-refractivity contribution >= 4 is 28.3 Å². The van der Waals surface area contributed by atoms with Gasteiger partial charge in [-0.05, 0) is 53.6 Å². The fraction of sp³-hybridized carbons (Fsp3) is 0.231. The van der Waals surface area contributed by atoms with Gasteiger partial charge >= 0.3 is 0 Å². The Kier molecular flexibility index (Phi) is 3.70. The van der Waals surface area contributed by atoms with Gasteiger partial charge in [0.1, 0.15) is 5.82 Å². The maximum atomic E-state index is 12.1. The molecule has 94 valence electrons. The van der Waals surface area contributed by atoms with E-state index in [2.05, 4.69) is 4.98 Å². The normalized spacial score (nSPS) is 10.6. The molecule has 0 fully saturated rings. The standard InChI is InChI=1S/C13H14IN3O/c1-8-10(4-3-5-12(8)15)7-17-9(2)16-6-11(14)13(17)18/h3-6H,7,15H2,1-2H3. The number of benzene rings is 1. The van der Waals surface area contributed by atoms with Crippen LogP contribution in [0.1, 0.15) is 17.0 Å². The maximum absolute atomic E-state index is 12.1. The molecule has 0 aliphatic carbocycles. The highest BCUT2D eigenvalue weighted by atomic mass is 127. The van der Waals surface area contributed by atoms with Gasteiger partial charge in [0.2, 0.25) is 0 Å². The predicted molar refractivity (Wildman–Crippen MR) is 80.6 cm³/mol. The molecule has 18 heavy (non-hydrogen) atoms. The van der Waals surface area contributed by atoms with E-state index in [4.69, 9.17) is 5.73 Å². The molecule has 0 atom stereocenters. The fourth-order valence-corrected chi connectivity index (χ4v) is 2.21. The van der Waals surface area contributed by atoms with Gasteiger partial charge in [0.25, 0.3) is 5.56 Å². The van der Waals surface area contributed by atoms with E-state index in [1.54, 1.807) is 10.8 Å². The first-order chi connectivity index (χ1) is 8.50. The fourth-order valence-electron chi connectivity index (χ4n) is 1.78. The molecule has 2 aromatic rings. The van der Waals surface area contributed by atoms with E-state index in [1.165, 1.54) is 0 Å². The first-order valence-corrected chi connectivity index (χ1v) is 6.64. The van der Waals surface area contributed by atoms with Gasteiger partial charge in [-0.3, -0.25) is 9.36 Å². The summed E-state index contributed by atoms with van der Waals surface area (Å²) in [5.41, 5.74) is 8.68. The van der Waals surface area contributed by atoms with E-state index < -0.39 is 0 Å². The van der Waals surface area contributed by atoms with Crippen LogP contribution in [0.4, 0.5) is 5.69 Å². The number of nitrogens with zero attached hydrogens (tertiary/aromatic N) is 2. The van der Waals surface area contributed by atoms with Gasteiger partial charge in [-0.2, -0.15) is 0 Å². The number of nitrogen functional groups attached to an aromatic ring is 1. The molecule has 0 bridgehead atoms. The van der Waals surface area contributed by atoms with Crippen molar-refractivity contribution in [3.8, 4) is 0 Å².